The molecule has 2 aromatic rings. The number of nitrogens with one attached hydrogen (secondary N) is 1. The molecular formula is C27H35N3O4S. The second kappa shape index (κ2) is 9.52. The van der Waals surface area contributed by atoms with Crippen LogP contribution in [0.5, 0.6) is 5.88 Å². The molecule has 4 bridgehead atoms. The molecule has 7 nitrogen and oxygen atoms in total. The Bertz CT molecular complexity index is 1050. The zero-order valence-electron chi connectivity index (χ0n) is 21.0. The lowest BCUT2D eigenvalue weighted by molar-refractivity contribution is -0.139. The summed E-state index contributed by atoms with van der Waals surface area (Å²) in [6.45, 7) is 3.79. The number of hydrogen-bond donors (Lipinski definition) is 1. The van der Waals surface area contributed by atoms with Crippen molar-refractivity contribution < 1.29 is 18.8 Å². The normalized spacial score (nSPS) is 27.0. The molecule has 0 atom stereocenters. The maximum Gasteiger partial charge on any atom is 0.291 e. The van der Waals surface area contributed by atoms with Gasteiger partial charge in [-0.25, -0.2) is 0 Å². The van der Waals surface area contributed by atoms with E-state index in [0.717, 1.165) is 16.7 Å². The first-order chi connectivity index (χ1) is 16.7. The molecule has 1 N–H and O–H groups in total. The molecule has 0 radical (unpaired) electrons. The van der Waals surface area contributed by atoms with Gasteiger partial charge in [0, 0.05) is 25.0 Å². The SMILES string of the molecule is CN(C)C(=O)C(C)(C)COc1noc(C(=O)NC2C3CC4CC(C3)CC2C4)c1Sc1ccccc1. The van der Waals surface area contributed by atoms with E-state index in [-0.39, 0.29) is 36.1 Å². The van der Waals surface area contributed by atoms with E-state index in [1.165, 1.54) is 43.9 Å². The Labute approximate surface area is 211 Å². The lowest BCUT2D eigenvalue weighted by atomic mass is 9.54. The number of amides is 2. The zero-order chi connectivity index (χ0) is 24.7. The van der Waals surface area contributed by atoms with Crippen molar-refractivity contribution in [1.82, 2.24) is 15.4 Å². The smallest absolute Gasteiger partial charge is 0.291 e. The van der Waals surface area contributed by atoms with Crippen molar-refractivity contribution in [3.63, 3.8) is 0 Å². The average Bonchev–Trinajstić information content (AvgIpc) is 3.22. The molecule has 2 amide bonds. The fourth-order valence-electron chi connectivity index (χ4n) is 6.49. The highest BCUT2D eigenvalue weighted by Gasteiger charge is 2.49. The minimum absolute atomic E-state index is 0.0434. The van der Waals surface area contributed by atoms with Gasteiger partial charge in [0.25, 0.3) is 11.8 Å². The van der Waals surface area contributed by atoms with Crippen molar-refractivity contribution in [2.75, 3.05) is 20.7 Å². The summed E-state index contributed by atoms with van der Waals surface area (Å²) in [5, 5.41) is 7.44. The highest BCUT2D eigenvalue weighted by atomic mass is 32.2. The number of hydrogen-bond acceptors (Lipinski definition) is 6. The van der Waals surface area contributed by atoms with Crippen molar-refractivity contribution in [3.8, 4) is 5.88 Å². The minimum atomic E-state index is -0.750. The standard InChI is InChI=1S/C27H35N3O4S/c1-27(2,26(32)30(3)4)15-33-25-23(35-20-8-6-5-7-9-20)22(34-29-25)24(31)28-21-18-11-16-10-17(13-18)14-19(21)12-16/h5-9,16-19,21H,10-15H2,1-4H3,(H,28,31). The summed E-state index contributed by atoms with van der Waals surface area (Å²) in [7, 11) is 3.45. The molecule has 6 rings (SSSR count). The number of carbonyl (C=O) groups is 2. The van der Waals surface area contributed by atoms with Gasteiger partial charge in [0.15, 0.2) is 0 Å². The molecule has 4 aliphatic rings. The molecule has 4 fully saturated rings. The summed E-state index contributed by atoms with van der Waals surface area (Å²) < 4.78 is 11.6. The van der Waals surface area contributed by atoms with E-state index in [0.29, 0.717) is 16.7 Å². The molecule has 0 spiro atoms. The van der Waals surface area contributed by atoms with Crippen molar-refractivity contribution in [1.29, 1.82) is 0 Å². The van der Waals surface area contributed by atoms with Crippen LogP contribution < -0.4 is 10.1 Å². The van der Waals surface area contributed by atoms with Gasteiger partial charge in [0.1, 0.15) is 11.5 Å². The van der Waals surface area contributed by atoms with Gasteiger partial charge >= 0.3 is 0 Å². The van der Waals surface area contributed by atoms with Crippen LogP contribution >= 0.6 is 11.8 Å². The Balaban J connectivity index is 1.36. The van der Waals surface area contributed by atoms with Crippen LogP contribution in [0.3, 0.4) is 0 Å². The fraction of sp³-hybridized carbons (Fsp3) is 0.593. The second-order valence-corrected chi connectivity index (χ2v) is 12.4. The van der Waals surface area contributed by atoms with E-state index in [1.807, 2.05) is 44.2 Å². The number of nitrogens with zero attached hydrogens (tertiary/aromatic N) is 2. The van der Waals surface area contributed by atoms with Crippen molar-refractivity contribution >= 4 is 23.6 Å². The van der Waals surface area contributed by atoms with E-state index in [4.69, 9.17) is 9.26 Å². The molecule has 0 unspecified atom stereocenters. The third-order valence-corrected chi connectivity index (χ3v) is 8.94. The van der Waals surface area contributed by atoms with Crippen LogP contribution in [0.1, 0.15) is 56.5 Å². The third kappa shape index (κ3) is 4.95. The maximum absolute atomic E-state index is 13.5. The summed E-state index contributed by atoms with van der Waals surface area (Å²) in [4.78, 5) is 29.1. The summed E-state index contributed by atoms with van der Waals surface area (Å²) in [5.41, 5.74) is -0.750. The van der Waals surface area contributed by atoms with Crippen LogP contribution in [0.25, 0.3) is 0 Å². The predicted octanol–water partition coefficient (Wildman–Crippen LogP) is 4.87. The molecule has 1 aromatic heterocycles. The Morgan fingerprint density at radius 1 is 1.09 bits per heavy atom. The molecule has 4 aliphatic carbocycles. The van der Waals surface area contributed by atoms with E-state index >= 15 is 0 Å². The molecule has 4 saturated carbocycles. The fourth-order valence-corrected chi connectivity index (χ4v) is 7.43. The van der Waals surface area contributed by atoms with Gasteiger partial charge in [0.2, 0.25) is 11.7 Å². The summed E-state index contributed by atoms with van der Waals surface area (Å²) >= 11 is 1.39. The van der Waals surface area contributed by atoms with Gasteiger partial charge in [0.05, 0.1) is 5.41 Å². The van der Waals surface area contributed by atoms with Gasteiger partial charge in [-0.1, -0.05) is 30.0 Å². The monoisotopic (exact) mass is 497 g/mol. The Morgan fingerprint density at radius 2 is 1.71 bits per heavy atom. The van der Waals surface area contributed by atoms with Crippen LogP contribution in [0.15, 0.2) is 44.6 Å². The van der Waals surface area contributed by atoms with Crippen molar-refractivity contribution in [2.45, 2.75) is 61.8 Å². The van der Waals surface area contributed by atoms with Gasteiger partial charge in [-0.2, -0.15) is 0 Å². The summed E-state index contributed by atoms with van der Waals surface area (Å²) in [6.07, 6.45) is 6.28. The van der Waals surface area contributed by atoms with Crippen molar-refractivity contribution in [2.24, 2.45) is 29.1 Å². The number of rotatable bonds is 8. The molecule has 0 saturated heterocycles. The van der Waals surface area contributed by atoms with E-state index in [1.54, 1.807) is 19.0 Å². The minimum Gasteiger partial charge on any atom is -0.474 e. The van der Waals surface area contributed by atoms with Crippen LogP contribution in [-0.2, 0) is 4.79 Å². The highest BCUT2D eigenvalue weighted by Crippen LogP contribution is 2.53. The third-order valence-electron chi connectivity index (χ3n) is 7.87. The highest BCUT2D eigenvalue weighted by molar-refractivity contribution is 7.99. The van der Waals surface area contributed by atoms with Crippen LogP contribution in [0.4, 0.5) is 0 Å². The summed E-state index contributed by atoms with van der Waals surface area (Å²) in [5.74, 6) is 2.97. The lowest BCUT2D eigenvalue weighted by Crippen LogP contribution is -2.55. The first kappa shape index (κ1) is 24.2. The Morgan fingerprint density at radius 3 is 2.31 bits per heavy atom. The molecule has 0 aliphatic heterocycles. The lowest BCUT2D eigenvalue weighted by Gasteiger charge is -2.54. The van der Waals surface area contributed by atoms with Gasteiger partial charge in [-0.05, 0) is 86.9 Å². The number of benzene rings is 1. The maximum atomic E-state index is 13.5. The quantitative estimate of drug-likeness (QED) is 0.560. The van der Waals surface area contributed by atoms with Crippen LogP contribution in [0, 0.1) is 29.1 Å². The Kier molecular flexibility index (Phi) is 6.59. The Hall–Kier alpha value is -2.48. The van der Waals surface area contributed by atoms with Crippen LogP contribution in [0.2, 0.25) is 0 Å². The molecule has 8 heteroatoms. The first-order valence-corrected chi connectivity index (χ1v) is 13.4. The molecule has 188 valence electrons. The molecular weight excluding hydrogens is 462 g/mol. The first-order valence-electron chi connectivity index (χ1n) is 12.6. The largest absolute Gasteiger partial charge is 0.474 e. The zero-order valence-corrected chi connectivity index (χ0v) is 21.8. The molecule has 1 aromatic carbocycles. The van der Waals surface area contributed by atoms with Crippen LogP contribution in [-0.4, -0.2) is 48.6 Å². The number of carbonyl (C=O) groups excluding carboxylic acids is 2. The number of aromatic nitrogens is 1. The van der Waals surface area contributed by atoms with Gasteiger partial charge in [-0.3, -0.25) is 9.59 Å². The number of ether oxygens (including phenoxy) is 1. The van der Waals surface area contributed by atoms with Gasteiger partial charge in [-0.15, -0.1) is 0 Å². The van der Waals surface area contributed by atoms with E-state index in [2.05, 4.69) is 10.5 Å². The second-order valence-electron chi connectivity index (χ2n) is 11.4. The average molecular weight is 498 g/mol. The molecule has 35 heavy (non-hydrogen) atoms. The predicted molar refractivity (Wildman–Crippen MR) is 133 cm³/mol. The topological polar surface area (TPSA) is 84.7 Å². The van der Waals surface area contributed by atoms with E-state index in [9.17, 15) is 9.59 Å². The van der Waals surface area contributed by atoms with Crippen molar-refractivity contribution in [3.05, 3.63) is 36.1 Å². The summed E-state index contributed by atoms with van der Waals surface area (Å²) in [6, 6.07) is 9.99. The molecule has 1 heterocycles. The van der Waals surface area contributed by atoms with E-state index < -0.39 is 5.41 Å². The van der Waals surface area contributed by atoms with Gasteiger partial charge < -0.3 is 19.5 Å².